The van der Waals surface area contributed by atoms with Gasteiger partial charge in [-0.3, -0.25) is 4.79 Å². The molecule has 4 heteroatoms. The Hall–Kier alpha value is -0.870. The molecule has 3 atom stereocenters. The third kappa shape index (κ3) is 5.63. The van der Waals surface area contributed by atoms with E-state index in [-0.39, 0.29) is 12.0 Å². The molecule has 0 aliphatic rings. The molecule has 0 spiro atoms. The molecule has 0 saturated heterocycles. The van der Waals surface area contributed by atoms with Crippen LogP contribution in [0.5, 0.6) is 0 Å². The van der Waals surface area contributed by atoms with E-state index in [9.17, 15) is 4.79 Å². The smallest absolute Gasteiger partial charge is 0.307 e. The molecule has 1 N–H and O–H groups in total. The van der Waals surface area contributed by atoms with Crippen LogP contribution in [0.25, 0.3) is 0 Å². The highest BCUT2D eigenvalue weighted by atomic mass is 32.1. The van der Waals surface area contributed by atoms with Crippen LogP contribution in [-0.2, 0) is 9.53 Å². The number of carbonyl (C=O) groups is 1. The number of ether oxygens (including phenoxy) is 1. The van der Waals surface area contributed by atoms with Crippen LogP contribution in [0, 0.1) is 5.92 Å². The SMILES string of the molecule is CCC(C)CC(CC)NC(CC(=O)OC)c1cccs1. The molecule has 114 valence electrons. The van der Waals surface area contributed by atoms with Gasteiger partial charge in [0.1, 0.15) is 0 Å². The largest absolute Gasteiger partial charge is 0.469 e. The summed E-state index contributed by atoms with van der Waals surface area (Å²) in [6, 6.07) is 4.63. The average Bonchev–Trinajstić information content (AvgIpc) is 2.99. The maximum absolute atomic E-state index is 11.6. The highest BCUT2D eigenvalue weighted by molar-refractivity contribution is 7.10. The lowest BCUT2D eigenvalue weighted by molar-refractivity contribution is -0.141. The highest BCUT2D eigenvalue weighted by Gasteiger charge is 2.21. The Morgan fingerprint density at radius 1 is 1.40 bits per heavy atom. The van der Waals surface area contributed by atoms with E-state index >= 15 is 0 Å². The zero-order valence-electron chi connectivity index (χ0n) is 13.0. The molecule has 0 bridgehead atoms. The van der Waals surface area contributed by atoms with Crippen molar-refractivity contribution in [2.45, 2.75) is 58.5 Å². The molecule has 20 heavy (non-hydrogen) atoms. The molecule has 1 aromatic heterocycles. The molecular formula is C16H27NO2S. The molecule has 0 aliphatic heterocycles. The van der Waals surface area contributed by atoms with Crippen molar-refractivity contribution in [1.82, 2.24) is 5.32 Å². The predicted molar refractivity (Wildman–Crippen MR) is 85.0 cm³/mol. The molecule has 3 unspecified atom stereocenters. The zero-order valence-corrected chi connectivity index (χ0v) is 13.8. The van der Waals surface area contributed by atoms with Gasteiger partial charge in [-0.05, 0) is 30.2 Å². The van der Waals surface area contributed by atoms with Gasteiger partial charge >= 0.3 is 5.97 Å². The number of methoxy groups -OCH3 is 1. The van der Waals surface area contributed by atoms with Gasteiger partial charge in [0.25, 0.3) is 0 Å². The summed E-state index contributed by atoms with van der Waals surface area (Å²) in [5.74, 6) is 0.545. The monoisotopic (exact) mass is 297 g/mol. The fourth-order valence-electron chi connectivity index (χ4n) is 2.27. The van der Waals surface area contributed by atoms with E-state index in [1.54, 1.807) is 11.3 Å². The summed E-state index contributed by atoms with van der Waals surface area (Å²) in [6.07, 6.45) is 3.82. The van der Waals surface area contributed by atoms with Gasteiger partial charge in [-0.15, -0.1) is 11.3 Å². The summed E-state index contributed by atoms with van der Waals surface area (Å²) in [6.45, 7) is 6.71. The zero-order chi connectivity index (χ0) is 15.0. The highest BCUT2D eigenvalue weighted by Crippen LogP contribution is 2.25. The lowest BCUT2D eigenvalue weighted by atomic mass is 9.96. The van der Waals surface area contributed by atoms with E-state index in [4.69, 9.17) is 4.74 Å². The summed E-state index contributed by atoms with van der Waals surface area (Å²) >= 11 is 1.69. The van der Waals surface area contributed by atoms with E-state index in [1.807, 2.05) is 6.07 Å². The fraction of sp³-hybridized carbons (Fsp3) is 0.688. The minimum absolute atomic E-state index is 0.0662. The molecule has 0 fully saturated rings. The number of esters is 1. The van der Waals surface area contributed by atoms with Crippen molar-refractivity contribution >= 4 is 17.3 Å². The minimum atomic E-state index is -0.158. The standard InChI is InChI=1S/C16H27NO2S/c1-5-12(3)10-13(6-2)17-14(11-16(18)19-4)15-8-7-9-20-15/h7-9,12-14,17H,5-6,10-11H2,1-4H3. The number of hydrogen-bond donors (Lipinski definition) is 1. The van der Waals surface area contributed by atoms with Gasteiger partial charge in [0.2, 0.25) is 0 Å². The van der Waals surface area contributed by atoms with E-state index in [0.29, 0.717) is 18.4 Å². The van der Waals surface area contributed by atoms with E-state index in [0.717, 1.165) is 12.8 Å². The van der Waals surface area contributed by atoms with Crippen molar-refractivity contribution in [2.24, 2.45) is 5.92 Å². The van der Waals surface area contributed by atoms with Crippen LogP contribution >= 0.6 is 11.3 Å². The summed E-state index contributed by atoms with van der Waals surface area (Å²) < 4.78 is 4.82. The lowest BCUT2D eigenvalue weighted by Gasteiger charge is -2.26. The van der Waals surface area contributed by atoms with Crippen LogP contribution in [-0.4, -0.2) is 19.1 Å². The van der Waals surface area contributed by atoms with Crippen molar-refractivity contribution in [2.75, 3.05) is 7.11 Å². The number of nitrogens with one attached hydrogen (secondary N) is 1. The Morgan fingerprint density at radius 3 is 2.65 bits per heavy atom. The van der Waals surface area contributed by atoms with Gasteiger partial charge < -0.3 is 10.1 Å². The predicted octanol–water partition coefficient (Wildman–Crippen LogP) is 4.16. The molecule has 0 radical (unpaired) electrons. The van der Waals surface area contributed by atoms with Gasteiger partial charge in [0.05, 0.1) is 19.6 Å². The minimum Gasteiger partial charge on any atom is -0.469 e. The van der Waals surface area contributed by atoms with E-state index in [1.165, 1.54) is 18.4 Å². The number of rotatable bonds is 9. The second-order valence-electron chi connectivity index (χ2n) is 5.37. The van der Waals surface area contributed by atoms with Gasteiger partial charge in [-0.25, -0.2) is 0 Å². The molecule has 0 amide bonds. The van der Waals surface area contributed by atoms with Gasteiger partial charge in [0.15, 0.2) is 0 Å². The van der Waals surface area contributed by atoms with Crippen LogP contribution < -0.4 is 5.32 Å². The number of carbonyl (C=O) groups excluding carboxylic acids is 1. The molecular weight excluding hydrogens is 270 g/mol. The van der Waals surface area contributed by atoms with Crippen molar-refractivity contribution in [3.63, 3.8) is 0 Å². The van der Waals surface area contributed by atoms with Crippen molar-refractivity contribution in [3.05, 3.63) is 22.4 Å². The molecule has 0 aromatic carbocycles. The molecule has 0 aliphatic carbocycles. The van der Waals surface area contributed by atoms with Crippen LogP contribution in [0.1, 0.15) is 57.4 Å². The first kappa shape index (κ1) is 17.2. The maximum atomic E-state index is 11.6. The number of thiophene rings is 1. The average molecular weight is 297 g/mol. The summed E-state index contributed by atoms with van der Waals surface area (Å²) in [5, 5.41) is 5.70. The first-order valence-electron chi connectivity index (χ1n) is 7.46. The molecule has 3 nitrogen and oxygen atoms in total. The summed E-state index contributed by atoms with van der Waals surface area (Å²) in [7, 11) is 1.45. The van der Waals surface area contributed by atoms with Crippen LogP contribution in [0.15, 0.2) is 17.5 Å². The topological polar surface area (TPSA) is 38.3 Å². The van der Waals surface area contributed by atoms with Crippen molar-refractivity contribution < 1.29 is 9.53 Å². The third-order valence-corrected chi connectivity index (χ3v) is 4.78. The van der Waals surface area contributed by atoms with Gasteiger partial charge in [-0.1, -0.05) is 33.3 Å². The Balaban J connectivity index is 2.69. The van der Waals surface area contributed by atoms with E-state index < -0.39 is 0 Å². The first-order chi connectivity index (χ1) is 9.60. The molecule has 1 heterocycles. The lowest BCUT2D eigenvalue weighted by Crippen LogP contribution is -2.34. The quantitative estimate of drug-likeness (QED) is 0.696. The Kier molecular flexibility index (Phi) is 7.85. The van der Waals surface area contributed by atoms with E-state index in [2.05, 4.69) is 37.5 Å². The fourth-order valence-corrected chi connectivity index (χ4v) is 3.06. The van der Waals surface area contributed by atoms with Crippen LogP contribution in [0.3, 0.4) is 0 Å². The second-order valence-corrected chi connectivity index (χ2v) is 6.35. The number of hydrogen-bond acceptors (Lipinski definition) is 4. The Labute approximate surface area is 126 Å². The Bertz CT molecular complexity index is 378. The van der Waals surface area contributed by atoms with Crippen molar-refractivity contribution in [3.8, 4) is 0 Å². The molecule has 0 saturated carbocycles. The molecule has 1 rings (SSSR count). The molecule has 1 aromatic rings. The summed E-state index contributed by atoms with van der Waals surface area (Å²) in [4.78, 5) is 12.8. The van der Waals surface area contributed by atoms with Crippen LogP contribution in [0.4, 0.5) is 0 Å². The van der Waals surface area contributed by atoms with Crippen LogP contribution in [0.2, 0.25) is 0 Å². The Morgan fingerprint density at radius 2 is 2.15 bits per heavy atom. The van der Waals surface area contributed by atoms with Crippen molar-refractivity contribution in [1.29, 1.82) is 0 Å². The summed E-state index contributed by atoms with van der Waals surface area (Å²) in [5.41, 5.74) is 0. The third-order valence-electron chi connectivity index (χ3n) is 3.80. The first-order valence-corrected chi connectivity index (χ1v) is 8.34. The maximum Gasteiger partial charge on any atom is 0.307 e. The van der Waals surface area contributed by atoms with Gasteiger partial charge in [0, 0.05) is 10.9 Å². The van der Waals surface area contributed by atoms with Gasteiger partial charge in [-0.2, -0.15) is 0 Å². The normalized spacial score (nSPS) is 15.6. The second kappa shape index (κ2) is 9.14.